The van der Waals surface area contributed by atoms with Crippen LogP contribution in [0.2, 0.25) is 5.02 Å². The van der Waals surface area contributed by atoms with Gasteiger partial charge in [-0.2, -0.15) is 5.10 Å². The van der Waals surface area contributed by atoms with E-state index >= 15 is 0 Å². The molecule has 2 aromatic rings. The van der Waals surface area contributed by atoms with Crippen LogP contribution in [0.1, 0.15) is 15.9 Å². The molecule has 0 aliphatic carbocycles. The maximum Gasteiger partial charge on any atom is 0.341 e. The first kappa shape index (κ1) is 12.3. The second-order valence-electron chi connectivity index (χ2n) is 3.47. The molecule has 0 saturated carbocycles. The molecule has 0 saturated heterocycles. The fourth-order valence-electron chi connectivity index (χ4n) is 1.32. The van der Waals surface area contributed by atoms with Crippen molar-refractivity contribution in [3.63, 3.8) is 0 Å². The van der Waals surface area contributed by atoms with Gasteiger partial charge in [-0.05, 0) is 23.8 Å². The topological polar surface area (TPSA) is 72.3 Å². The van der Waals surface area contributed by atoms with Crippen molar-refractivity contribution in [3.05, 3.63) is 52.7 Å². The molecule has 0 radical (unpaired) electrons. The SMILES string of the molecule is O=C(O)c1ccnnc1OCc1ccc(Cl)cc1. The second-order valence-corrected chi connectivity index (χ2v) is 3.91. The van der Waals surface area contributed by atoms with Gasteiger partial charge in [-0.25, -0.2) is 4.79 Å². The standard InChI is InChI=1S/C12H9ClN2O3/c13-9-3-1-8(2-4-9)7-18-11-10(12(16)17)5-6-14-15-11/h1-6H,7H2,(H,16,17). The molecule has 0 atom stereocenters. The van der Waals surface area contributed by atoms with Crippen LogP contribution < -0.4 is 4.74 Å². The zero-order valence-corrected chi connectivity index (χ0v) is 9.96. The number of aromatic carboxylic acids is 1. The molecule has 0 amide bonds. The van der Waals surface area contributed by atoms with Crippen molar-refractivity contribution in [2.75, 3.05) is 0 Å². The summed E-state index contributed by atoms with van der Waals surface area (Å²) in [6, 6.07) is 8.38. The van der Waals surface area contributed by atoms with E-state index in [0.29, 0.717) is 5.02 Å². The van der Waals surface area contributed by atoms with E-state index in [-0.39, 0.29) is 18.1 Å². The Labute approximate surface area is 108 Å². The van der Waals surface area contributed by atoms with Gasteiger partial charge in [-0.1, -0.05) is 23.7 Å². The lowest BCUT2D eigenvalue weighted by atomic mass is 10.2. The van der Waals surface area contributed by atoms with Gasteiger partial charge < -0.3 is 9.84 Å². The van der Waals surface area contributed by atoms with Crippen molar-refractivity contribution in [1.29, 1.82) is 0 Å². The van der Waals surface area contributed by atoms with Crippen LogP contribution in [0.4, 0.5) is 0 Å². The summed E-state index contributed by atoms with van der Waals surface area (Å²) in [5.41, 5.74) is 0.848. The molecule has 5 nitrogen and oxygen atoms in total. The van der Waals surface area contributed by atoms with Gasteiger partial charge in [0.2, 0.25) is 5.88 Å². The highest BCUT2D eigenvalue weighted by Gasteiger charge is 2.12. The normalized spacial score (nSPS) is 10.1. The van der Waals surface area contributed by atoms with Gasteiger partial charge in [0.05, 0.1) is 6.20 Å². The van der Waals surface area contributed by atoms with Gasteiger partial charge >= 0.3 is 5.97 Å². The number of rotatable bonds is 4. The number of halogens is 1. The maximum absolute atomic E-state index is 10.9. The van der Waals surface area contributed by atoms with E-state index in [0.717, 1.165) is 5.56 Å². The van der Waals surface area contributed by atoms with E-state index in [1.54, 1.807) is 24.3 Å². The van der Waals surface area contributed by atoms with Gasteiger partial charge in [0.15, 0.2) is 0 Å². The molecule has 0 fully saturated rings. The Hall–Kier alpha value is -2.14. The summed E-state index contributed by atoms with van der Waals surface area (Å²) in [7, 11) is 0. The van der Waals surface area contributed by atoms with E-state index in [1.807, 2.05) is 0 Å². The van der Waals surface area contributed by atoms with Crippen LogP contribution in [0.25, 0.3) is 0 Å². The first-order valence-electron chi connectivity index (χ1n) is 5.09. The van der Waals surface area contributed by atoms with Crippen LogP contribution >= 0.6 is 11.6 Å². The highest BCUT2D eigenvalue weighted by Crippen LogP contribution is 2.16. The minimum absolute atomic E-state index is 0.0000463. The number of carbonyl (C=O) groups is 1. The summed E-state index contributed by atoms with van der Waals surface area (Å²) in [5, 5.41) is 16.8. The van der Waals surface area contributed by atoms with Crippen LogP contribution in [-0.4, -0.2) is 21.3 Å². The Balaban J connectivity index is 2.10. The van der Waals surface area contributed by atoms with Crippen molar-refractivity contribution >= 4 is 17.6 Å². The zero-order valence-electron chi connectivity index (χ0n) is 9.21. The molecule has 92 valence electrons. The van der Waals surface area contributed by atoms with Crippen molar-refractivity contribution in [3.8, 4) is 5.88 Å². The van der Waals surface area contributed by atoms with Gasteiger partial charge in [0.1, 0.15) is 12.2 Å². The summed E-state index contributed by atoms with van der Waals surface area (Å²) < 4.78 is 5.33. The fraction of sp³-hybridized carbons (Fsp3) is 0.0833. The molecular formula is C12H9ClN2O3. The largest absolute Gasteiger partial charge is 0.477 e. The van der Waals surface area contributed by atoms with Crippen LogP contribution in [0.3, 0.4) is 0 Å². The van der Waals surface area contributed by atoms with Gasteiger partial charge in [0, 0.05) is 5.02 Å². The third-order valence-electron chi connectivity index (χ3n) is 2.21. The molecule has 2 rings (SSSR count). The Morgan fingerprint density at radius 1 is 1.28 bits per heavy atom. The van der Waals surface area contributed by atoms with E-state index in [1.165, 1.54) is 12.3 Å². The highest BCUT2D eigenvalue weighted by atomic mass is 35.5. The number of ether oxygens (including phenoxy) is 1. The number of carboxylic acids is 1. The zero-order chi connectivity index (χ0) is 13.0. The number of carboxylic acid groups (broad SMARTS) is 1. The minimum Gasteiger partial charge on any atom is -0.477 e. The lowest BCUT2D eigenvalue weighted by molar-refractivity contribution is 0.0690. The average Bonchev–Trinajstić information content (AvgIpc) is 2.38. The van der Waals surface area contributed by atoms with Gasteiger partial charge in [-0.3, -0.25) is 0 Å². The predicted molar refractivity (Wildman–Crippen MR) is 64.8 cm³/mol. The average molecular weight is 265 g/mol. The van der Waals surface area contributed by atoms with Crippen molar-refractivity contribution in [2.24, 2.45) is 0 Å². The Bertz CT molecular complexity index is 558. The molecule has 0 spiro atoms. The van der Waals surface area contributed by atoms with E-state index in [9.17, 15) is 4.79 Å². The monoisotopic (exact) mass is 264 g/mol. The van der Waals surface area contributed by atoms with Gasteiger partial charge in [-0.15, -0.1) is 5.10 Å². The quantitative estimate of drug-likeness (QED) is 0.918. The fourth-order valence-corrected chi connectivity index (χ4v) is 1.45. The summed E-state index contributed by atoms with van der Waals surface area (Å²) in [5.74, 6) is -1.10. The van der Waals surface area contributed by atoms with E-state index in [4.69, 9.17) is 21.4 Å². The maximum atomic E-state index is 10.9. The van der Waals surface area contributed by atoms with Crippen LogP contribution in [0.5, 0.6) is 5.88 Å². The molecule has 1 aromatic heterocycles. The Kier molecular flexibility index (Phi) is 3.74. The number of hydrogen-bond donors (Lipinski definition) is 1. The molecule has 18 heavy (non-hydrogen) atoms. The van der Waals surface area contributed by atoms with Crippen molar-refractivity contribution in [2.45, 2.75) is 6.61 Å². The summed E-state index contributed by atoms with van der Waals surface area (Å²) in [4.78, 5) is 10.9. The third kappa shape index (κ3) is 2.95. The summed E-state index contributed by atoms with van der Waals surface area (Å²) in [6.45, 7) is 0.205. The van der Waals surface area contributed by atoms with E-state index in [2.05, 4.69) is 10.2 Å². The van der Waals surface area contributed by atoms with Crippen molar-refractivity contribution in [1.82, 2.24) is 10.2 Å². The molecule has 0 bridgehead atoms. The molecule has 0 aliphatic rings. The molecule has 1 heterocycles. The molecule has 0 aliphatic heterocycles. The van der Waals surface area contributed by atoms with Crippen molar-refractivity contribution < 1.29 is 14.6 Å². The molecule has 6 heteroatoms. The summed E-state index contributed by atoms with van der Waals surface area (Å²) >= 11 is 5.75. The predicted octanol–water partition coefficient (Wildman–Crippen LogP) is 2.41. The number of hydrogen-bond acceptors (Lipinski definition) is 4. The smallest absolute Gasteiger partial charge is 0.341 e. The first-order chi connectivity index (χ1) is 8.66. The van der Waals surface area contributed by atoms with Gasteiger partial charge in [0.25, 0.3) is 0 Å². The van der Waals surface area contributed by atoms with Crippen LogP contribution in [0.15, 0.2) is 36.5 Å². The van der Waals surface area contributed by atoms with Crippen LogP contribution in [0, 0.1) is 0 Å². The minimum atomic E-state index is -1.10. The lowest BCUT2D eigenvalue weighted by Gasteiger charge is -2.06. The summed E-state index contributed by atoms with van der Waals surface area (Å²) in [6.07, 6.45) is 1.30. The number of benzene rings is 1. The number of nitrogens with zero attached hydrogens (tertiary/aromatic N) is 2. The highest BCUT2D eigenvalue weighted by molar-refractivity contribution is 6.30. The lowest BCUT2D eigenvalue weighted by Crippen LogP contribution is -2.06. The third-order valence-corrected chi connectivity index (χ3v) is 2.46. The van der Waals surface area contributed by atoms with Crippen LogP contribution in [-0.2, 0) is 6.61 Å². The van der Waals surface area contributed by atoms with E-state index < -0.39 is 5.97 Å². The molecule has 1 N–H and O–H groups in total. The molecule has 1 aromatic carbocycles. The Morgan fingerprint density at radius 3 is 2.67 bits per heavy atom. The second kappa shape index (κ2) is 5.46. The first-order valence-corrected chi connectivity index (χ1v) is 5.47. The molecule has 0 unspecified atom stereocenters. The number of aromatic nitrogens is 2. The Morgan fingerprint density at radius 2 is 2.00 bits per heavy atom. The molecular weight excluding hydrogens is 256 g/mol.